The number of rotatable bonds is 5. The van der Waals surface area contributed by atoms with E-state index >= 15 is 0 Å². The largest absolute Gasteiger partial charge is 0.489 e. The van der Waals surface area contributed by atoms with Crippen LogP contribution in [0.5, 0.6) is 5.75 Å². The molecule has 4 N–H and O–H groups in total. The van der Waals surface area contributed by atoms with Crippen LogP contribution in [-0.4, -0.2) is 15.9 Å². The van der Waals surface area contributed by atoms with Crippen LogP contribution in [0, 0.1) is 6.92 Å². The molecule has 28 heavy (non-hydrogen) atoms. The molecule has 0 atom stereocenters. The Bertz CT molecular complexity index is 1130. The molecule has 1 heterocycles. The lowest BCUT2D eigenvalue weighted by Gasteiger charge is -2.07. The van der Waals surface area contributed by atoms with Gasteiger partial charge in [-0.05, 0) is 55.0 Å². The summed E-state index contributed by atoms with van der Waals surface area (Å²) in [4.78, 5) is 19.5. The van der Waals surface area contributed by atoms with E-state index in [2.05, 4.69) is 40.5 Å². The molecule has 3 aromatic carbocycles. The number of aromatic amines is 1. The lowest BCUT2D eigenvalue weighted by Crippen LogP contribution is -2.29. The third-order valence-electron chi connectivity index (χ3n) is 4.49. The van der Waals surface area contributed by atoms with Crippen molar-refractivity contribution in [3.8, 4) is 17.1 Å². The smallest absolute Gasteiger partial charge is 0.265 e. The molecule has 6 nitrogen and oxygen atoms in total. The summed E-state index contributed by atoms with van der Waals surface area (Å²) in [6.07, 6.45) is 0. The SMILES string of the molecule is Cc1cccc(COc2ccc(-c3nc4ccc(C(=O)NN)cc4[nH]3)cc2)c1. The normalized spacial score (nSPS) is 10.8. The van der Waals surface area contributed by atoms with Crippen LogP contribution in [0.1, 0.15) is 21.5 Å². The van der Waals surface area contributed by atoms with Gasteiger partial charge in [0.15, 0.2) is 0 Å². The maximum atomic E-state index is 11.7. The minimum Gasteiger partial charge on any atom is -0.489 e. The Morgan fingerprint density at radius 1 is 1.11 bits per heavy atom. The van der Waals surface area contributed by atoms with E-state index in [1.165, 1.54) is 5.56 Å². The zero-order chi connectivity index (χ0) is 19.5. The Hall–Kier alpha value is -3.64. The third kappa shape index (κ3) is 3.72. The number of aromatic nitrogens is 2. The number of carbonyl (C=O) groups excluding carboxylic acids is 1. The molecular formula is C22H20N4O2. The average molecular weight is 372 g/mol. The number of hydrazine groups is 1. The summed E-state index contributed by atoms with van der Waals surface area (Å²) in [6, 6.07) is 21.2. The van der Waals surface area contributed by atoms with E-state index in [0.717, 1.165) is 33.7 Å². The minimum absolute atomic E-state index is 0.340. The maximum absolute atomic E-state index is 11.7. The summed E-state index contributed by atoms with van der Waals surface area (Å²) in [5, 5.41) is 0. The highest BCUT2D eigenvalue weighted by Gasteiger charge is 2.09. The number of fused-ring (bicyclic) bond motifs is 1. The molecule has 0 aliphatic rings. The molecule has 140 valence electrons. The summed E-state index contributed by atoms with van der Waals surface area (Å²) in [7, 11) is 0. The number of hydrogen-bond acceptors (Lipinski definition) is 4. The number of nitrogens with one attached hydrogen (secondary N) is 2. The van der Waals surface area contributed by atoms with E-state index in [-0.39, 0.29) is 5.91 Å². The van der Waals surface area contributed by atoms with Crippen LogP contribution >= 0.6 is 0 Å². The van der Waals surface area contributed by atoms with Gasteiger partial charge in [0.05, 0.1) is 11.0 Å². The highest BCUT2D eigenvalue weighted by molar-refractivity contribution is 5.97. The number of amides is 1. The zero-order valence-electron chi connectivity index (χ0n) is 15.4. The van der Waals surface area contributed by atoms with Gasteiger partial charge in [0.1, 0.15) is 18.2 Å². The number of nitrogens with two attached hydrogens (primary N) is 1. The van der Waals surface area contributed by atoms with E-state index in [4.69, 9.17) is 10.6 Å². The monoisotopic (exact) mass is 372 g/mol. The molecule has 4 aromatic rings. The molecule has 6 heteroatoms. The van der Waals surface area contributed by atoms with Gasteiger partial charge in [-0.3, -0.25) is 10.2 Å². The summed E-state index contributed by atoms with van der Waals surface area (Å²) in [5.41, 5.74) is 7.45. The number of aryl methyl sites for hydroxylation is 1. The van der Waals surface area contributed by atoms with Gasteiger partial charge >= 0.3 is 0 Å². The van der Waals surface area contributed by atoms with Gasteiger partial charge in [0.2, 0.25) is 0 Å². The van der Waals surface area contributed by atoms with Crippen molar-refractivity contribution in [3.63, 3.8) is 0 Å². The highest BCUT2D eigenvalue weighted by atomic mass is 16.5. The number of nitrogen functional groups attached to an aromatic ring is 1. The van der Waals surface area contributed by atoms with E-state index in [0.29, 0.717) is 12.2 Å². The van der Waals surface area contributed by atoms with Crippen molar-refractivity contribution in [2.24, 2.45) is 5.84 Å². The fourth-order valence-corrected chi connectivity index (χ4v) is 3.05. The Morgan fingerprint density at radius 2 is 1.93 bits per heavy atom. The van der Waals surface area contributed by atoms with Crippen LogP contribution in [0.2, 0.25) is 0 Å². The lowest BCUT2D eigenvalue weighted by atomic mass is 10.1. The fraction of sp³-hybridized carbons (Fsp3) is 0.0909. The van der Waals surface area contributed by atoms with E-state index in [1.54, 1.807) is 18.2 Å². The van der Waals surface area contributed by atoms with Gasteiger partial charge in [-0.2, -0.15) is 0 Å². The van der Waals surface area contributed by atoms with E-state index in [9.17, 15) is 4.79 Å². The first-order valence-electron chi connectivity index (χ1n) is 8.92. The second-order valence-electron chi connectivity index (χ2n) is 6.59. The number of benzene rings is 3. The van der Waals surface area contributed by atoms with Crippen molar-refractivity contribution in [3.05, 3.63) is 83.4 Å². The van der Waals surface area contributed by atoms with Crippen molar-refractivity contribution in [2.75, 3.05) is 0 Å². The fourth-order valence-electron chi connectivity index (χ4n) is 3.05. The Balaban J connectivity index is 1.51. The molecule has 0 aliphatic heterocycles. The number of imidazole rings is 1. The number of carbonyl (C=O) groups is 1. The van der Waals surface area contributed by atoms with Crippen LogP contribution in [0.4, 0.5) is 0 Å². The van der Waals surface area contributed by atoms with Crippen LogP contribution in [0.3, 0.4) is 0 Å². The maximum Gasteiger partial charge on any atom is 0.265 e. The summed E-state index contributed by atoms with van der Waals surface area (Å²) < 4.78 is 5.86. The van der Waals surface area contributed by atoms with Crippen molar-refractivity contribution >= 4 is 16.9 Å². The van der Waals surface area contributed by atoms with E-state index < -0.39 is 0 Å². The van der Waals surface area contributed by atoms with Gasteiger partial charge < -0.3 is 9.72 Å². The van der Waals surface area contributed by atoms with Crippen LogP contribution in [-0.2, 0) is 6.61 Å². The quantitative estimate of drug-likeness (QED) is 0.283. The van der Waals surface area contributed by atoms with Gasteiger partial charge in [-0.1, -0.05) is 29.8 Å². The summed E-state index contributed by atoms with van der Waals surface area (Å²) >= 11 is 0. The predicted molar refractivity (Wildman–Crippen MR) is 109 cm³/mol. The van der Waals surface area contributed by atoms with Crippen molar-refractivity contribution in [1.29, 1.82) is 0 Å². The summed E-state index contributed by atoms with van der Waals surface area (Å²) in [5.74, 6) is 6.37. The third-order valence-corrected chi connectivity index (χ3v) is 4.49. The first-order valence-corrected chi connectivity index (χ1v) is 8.92. The molecule has 0 radical (unpaired) electrons. The van der Waals surface area contributed by atoms with Crippen molar-refractivity contribution in [1.82, 2.24) is 15.4 Å². The molecule has 0 aliphatic carbocycles. The number of nitrogens with zero attached hydrogens (tertiary/aromatic N) is 1. The predicted octanol–water partition coefficient (Wildman–Crippen LogP) is 3.72. The van der Waals surface area contributed by atoms with Crippen molar-refractivity contribution < 1.29 is 9.53 Å². The molecule has 0 saturated heterocycles. The number of hydrogen-bond donors (Lipinski definition) is 3. The van der Waals surface area contributed by atoms with Gasteiger partial charge in [-0.25, -0.2) is 10.8 Å². The Morgan fingerprint density at radius 3 is 2.68 bits per heavy atom. The minimum atomic E-state index is -0.340. The molecule has 0 fully saturated rings. The topological polar surface area (TPSA) is 93.0 Å². The van der Waals surface area contributed by atoms with Gasteiger partial charge in [0, 0.05) is 11.1 Å². The van der Waals surface area contributed by atoms with E-state index in [1.807, 2.05) is 30.3 Å². The van der Waals surface area contributed by atoms with Crippen LogP contribution in [0.15, 0.2) is 66.7 Å². The molecule has 1 amide bonds. The zero-order valence-corrected chi connectivity index (χ0v) is 15.4. The highest BCUT2D eigenvalue weighted by Crippen LogP contribution is 2.24. The van der Waals surface area contributed by atoms with Crippen LogP contribution in [0.25, 0.3) is 22.4 Å². The Kier molecular flexibility index (Phi) is 4.78. The van der Waals surface area contributed by atoms with Crippen LogP contribution < -0.4 is 16.0 Å². The number of ether oxygens (including phenoxy) is 1. The second kappa shape index (κ2) is 7.54. The molecule has 0 bridgehead atoms. The number of H-pyrrole nitrogens is 1. The Labute approximate surface area is 162 Å². The van der Waals surface area contributed by atoms with Gasteiger partial charge in [-0.15, -0.1) is 0 Å². The van der Waals surface area contributed by atoms with Gasteiger partial charge in [0.25, 0.3) is 5.91 Å². The molecule has 0 spiro atoms. The first-order chi connectivity index (χ1) is 13.6. The molecular weight excluding hydrogens is 352 g/mol. The first kappa shape index (κ1) is 17.8. The molecule has 4 rings (SSSR count). The molecule has 0 saturated carbocycles. The molecule has 0 unspecified atom stereocenters. The average Bonchev–Trinajstić information content (AvgIpc) is 3.15. The lowest BCUT2D eigenvalue weighted by molar-refractivity contribution is 0.0954. The molecule has 1 aromatic heterocycles. The summed E-state index contributed by atoms with van der Waals surface area (Å²) in [6.45, 7) is 2.59. The standard InChI is InChI=1S/C22H20N4O2/c1-14-3-2-4-15(11-14)13-28-18-8-5-16(6-9-18)21-24-19-10-7-17(22(27)26-23)12-20(19)25-21/h2-12H,13,23H2,1H3,(H,24,25)(H,26,27). The van der Waals surface area contributed by atoms with Crippen molar-refractivity contribution in [2.45, 2.75) is 13.5 Å². The second-order valence-corrected chi connectivity index (χ2v) is 6.59.